The molecule has 1 heterocycles. The minimum absolute atomic E-state index is 0.177. The largest absolute Gasteiger partial charge is 0.496 e. The van der Waals surface area contributed by atoms with Crippen LogP contribution in [0.3, 0.4) is 0 Å². The van der Waals surface area contributed by atoms with Crippen molar-refractivity contribution in [1.29, 1.82) is 0 Å². The highest BCUT2D eigenvalue weighted by Crippen LogP contribution is 2.19. The molecule has 0 spiro atoms. The Balaban J connectivity index is 1.39. The monoisotopic (exact) mass is 423 g/mol. The van der Waals surface area contributed by atoms with E-state index in [-0.39, 0.29) is 5.91 Å². The molecule has 0 aliphatic carbocycles. The van der Waals surface area contributed by atoms with E-state index in [2.05, 4.69) is 38.7 Å². The van der Waals surface area contributed by atoms with Gasteiger partial charge >= 0.3 is 0 Å². The van der Waals surface area contributed by atoms with Gasteiger partial charge in [-0.25, -0.2) is 0 Å². The third-order valence-corrected chi connectivity index (χ3v) is 5.50. The predicted octanol–water partition coefficient (Wildman–Crippen LogP) is 2.41. The fourth-order valence-electron chi connectivity index (χ4n) is 3.70. The molecule has 7 heteroatoms. The van der Waals surface area contributed by atoms with E-state index in [9.17, 15) is 4.79 Å². The Labute approximate surface area is 185 Å². The van der Waals surface area contributed by atoms with Crippen LogP contribution in [0.1, 0.15) is 17.5 Å². The summed E-state index contributed by atoms with van der Waals surface area (Å²) in [6.07, 6.45) is 0.444. The number of benzene rings is 2. The van der Waals surface area contributed by atoms with E-state index in [1.54, 1.807) is 14.2 Å². The molecule has 3 rings (SSSR count). The molecular weight excluding hydrogens is 390 g/mol. The number of ether oxygens (including phenoxy) is 1. The molecule has 0 bridgehead atoms. The van der Waals surface area contributed by atoms with Crippen molar-refractivity contribution in [2.24, 2.45) is 4.99 Å². The Bertz CT molecular complexity index is 877. The number of nitrogens with one attached hydrogen (secondary N) is 2. The Hall–Kier alpha value is -3.22. The summed E-state index contributed by atoms with van der Waals surface area (Å²) in [6.45, 7) is 6.43. The predicted molar refractivity (Wildman–Crippen MR) is 126 cm³/mol. The minimum atomic E-state index is 0.177. The van der Waals surface area contributed by atoms with Crippen LogP contribution in [0.2, 0.25) is 0 Å². The molecule has 0 aromatic heterocycles. The van der Waals surface area contributed by atoms with Gasteiger partial charge in [-0.3, -0.25) is 9.79 Å². The summed E-state index contributed by atoms with van der Waals surface area (Å²) in [5, 5.41) is 6.52. The smallest absolute Gasteiger partial charge is 0.224 e. The zero-order valence-electron chi connectivity index (χ0n) is 18.7. The summed E-state index contributed by atoms with van der Waals surface area (Å²) in [6, 6.07) is 16.5. The third kappa shape index (κ3) is 6.38. The molecule has 2 N–H and O–H groups in total. The van der Waals surface area contributed by atoms with Crippen molar-refractivity contribution in [2.45, 2.75) is 19.9 Å². The summed E-state index contributed by atoms with van der Waals surface area (Å²) >= 11 is 0. The van der Waals surface area contributed by atoms with Crippen LogP contribution in [0.4, 0.5) is 5.69 Å². The Morgan fingerprint density at radius 2 is 1.81 bits per heavy atom. The molecule has 31 heavy (non-hydrogen) atoms. The van der Waals surface area contributed by atoms with Crippen LogP contribution in [0.5, 0.6) is 5.75 Å². The summed E-state index contributed by atoms with van der Waals surface area (Å²) in [4.78, 5) is 21.1. The lowest BCUT2D eigenvalue weighted by molar-refractivity contribution is -0.131. The summed E-state index contributed by atoms with van der Waals surface area (Å²) in [5.74, 6) is 1.70. The first-order valence-electron chi connectivity index (χ1n) is 10.8. The van der Waals surface area contributed by atoms with Gasteiger partial charge in [0.05, 0.1) is 7.11 Å². The number of aryl methyl sites for hydroxylation is 1. The van der Waals surface area contributed by atoms with E-state index in [1.165, 1.54) is 5.69 Å². The molecule has 0 atom stereocenters. The molecule has 0 radical (unpaired) electrons. The second kappa shape index (κ2) is 11.2. The molecule has 166 valence electrons. The number of guanidine groups is 1. The van der Waals surface area contributed by atoms with Crippen LogP contribution < -0.4 is 20.3 Å². The number of piperazine rings is 1. The van der Waals surface area contributed by atoms with E-state index < -0.39 is 0 Å². The van der Waals surface area contributed by atoms with Crippen LogP contribution >= 0.6 is 0 Å². The van der Waals surface area contributed by atoms with Crippen LogP contribution in [-0.2, 0) is 11.3 Å². The van der Waals surface area contributed by atoms with Crippen LogP contribution in [0, 0.1) is 6.92 Å². The molecule has 1 fully saturated rings. The number of para-hydroxylation sites is 1. The van der Waals surface area contributed by atoms with Gasteiger partial charge in [0.2, 0.25) is 5.91 Å². The Morgan fingerprint density at radius 3 is 2.48 bits per heavy atom. The number of rotatable bonds is 7. The maximum atomic E-state index is 12.6. The first kappa shape index (κ1) is 22.5. The molecule has 7 nitrogen and oxygen atoms in total. The molecule has 1 saturated heterocycles. The second-order valence-electron chi connectivity index (χ2n) is 7.62. The number of hydrogen-bond donors (Lipinski definition) is 2. The second-order valence-corrected chi connectivity index (χ2v) is 7.62. The number of amides is 1. The van der Waals surface area contributed by atoms with Crippen molar-refractivity contribution < 1.29 is 9.53 Å². The fraction of sp³-hybridized carbons (Fsp3) is 0.417. The van der Waals surface area contributed by atoms with Gasteiger partial charge in [-0.1, -0.05) is 30.3 Å². The lowest BCUT2D eigenvalue weighted by Crippen LogP contribution is -2.49. The standard InChI is InChI=1S/C24H33N5O2/c1-19-9-10-20(22(17-19)31-3)18-27-24(25-2)26-12-11-23(30)29-15-13-28(14-16-29)21-7-5-4-6-8-21/h4-10,17H,11-16,18H2,1-3H3,(H2,25,26,27). The Kier molecular flexibility index (Phi) is 8.15. The SMILES string of the molecule is CN=C(NCCC(=O)N1CCN(c2ccccc2)CC1)NCc1ccc(C)cc1OC. The van der Waals surface area contributed by atoms with Gasteiger partial charge in [0, 0.05) is 64.0 Å². The van der Waals surface area contributed by atoms with Crippen LogP contribution in [0.25, 0.3) is 0 Å². The molecular formula is C24H33N5O2. The van der Waals surface area contributed by atoms with Crippen molar-refractivity contribution in [3.8, 4) is 5.75 Å². The van der Waals surface area contributed by atoms with Gasteiger partial charge < -0.3 is 25.2 Å². The number of methoxy groups -OCH3 is 1. The van der Waals surface area contributed by atoms with Crippen molar-refractivity contribution in [3.63, 3.8) is 0 Å². The quantitative estimate of drug-likeness (QED) is 0.529. The maximum Gasteiger partial charge on any atom is 0.224 e. The Morgan fingerprint density at radius 1 is 1.06 bits per heavy atom. The van der Waals surface area contributed by atoms with Crippen molar-refractivity contribution in [3.05, 3.63) is 59.7 Å². The minimum Gasteiger partial charge on any atom is -0.496 e. The van der Waals surface area contributed by atoms with Gasteiger partial charge in [-0.15, -0.1) is 0 Å². The molecule has 2 aromatic carbocycles. The lowest BCUT2D eigenvalue weighted by Gasteiger charge is -2.36. The maximum absolute atomic E-state index is 12.6. The molecule has 0 saturated carbocycles. The number of nitrogens with zero attached hydrogens (tertiary/aromatic N) is 3. The van der Waals surface area contributed by atoms with Gasteiger partial charge in [0.1, 0.15) is 5.75 Å². The first-order valence-corrected chi connectivity index (χ1v) is 10.8. The highest BCUT2D eigenvalue weighted by Gasteiger charge is 2.20. The number of hydrogen-bond acceptors (Lipinski definition) is 4. The number of carbonyl (C=O) groups excluding carboxylic acids is 1. The van der Waals surface area contributed by atoms with E-state index in [0.29, 0.717) is 25.5 Å². The molecule has 1 aliphatic rings. The molecule has 2 aromatic rings. The fourth-order valence-corrected chi connectivity index (χ4v) is 3.70. The normalized spacial score (nSPS) is 14.4. The topological polar surface area (TPSA) is 69.2 Å². The van der Waals surface area contributed by atoms with Crippen molar-refractivity contribution in [1.82, 2.24) is 15.5 Å². The highest BCUT2D eigenvalue weighted by atomic mass is 16.5. The summed E-state index contributed by atoms with van der Waals surface area (Å²) < 4.78 is 5.45. The number of carbonyl (C=O) groups is 1. The van der Waals surface area contributed by atoms with Gasteiger partial charge in [0.25, 0.3) is 0 Å². The van der Waals surface area contributed by atoms with Crippen molar-refractivity contribution >= 4 is 17.6 Å². The summed E-state index contributed by atoms with van der Waals surface area (Å²) in [7, 11) is 3.41. The first-order chi connectivity index (χ1) is 15.1. The average molecular weight is 424 g/mol. The van der Waals surface area contributed by atoms with Gasteiger partial charge in [0.15, 0.2) is 5.96 Å². The zero-order chi connectivity index (χ0) is 22.1. The number of anilines is 1. The van der Waals surface area contributed by atoms with E-state index in [0.717, 1.165) is 43.1 Å². The van der Waals surface area contributed by atoms with E-state index in [1.807, 2.05) is 42.2 Å². The van der Waals surface area contributed by atoms with Gasteiger partial charge in [-0.2, -0.15) is 0 Å². The summed E-state index contributed by atoms with van der Waals surface area (Å²) in [5.41, 5.74) is 3.44. The highest BCUT2D eigenvalue weighted by molar-refractivity contribution is 5.81. The molecule has 1 aliphatic heterocycles. The number of aliphatic imine (C=N–C) groups is 1. The van der Waals surface area contributed by atoms with Gasteiger partial charge in [-0.05, 0) is 30.7 Å². The molecule has 1 amide bonds. The van der Waals surface area contributed by atoms with Crippen LogP contribution in [0.15, 0.2) is 53.5 Å². The third-order valence-electron chi connectivity index (χ3n) is 5.50. The zero-order valence-corrected chi connectivity index (χ0v) is 18.7. The van der Waals surface area contributed by atoms with Crippen LogP contribution in [-0.4, -0.2) is 63.6 Å². The van der Waals surface area contributed by atoms with E-state index >= 15 is 0 Å². The van der Waals surface area contributed by atoms with Crippen molar-refractivity contribution in [2.75, 3.05) is 51.8 Å². The van der Waals surface area contributed by atoms with E-state index in [4.69, 9.17) is 4.74 Å². The molecule has 0 unspecified atom stereocenters. The lowest BCUT2D eigenvalue weighted by atomic mass is 10.1. The average Bonchev–Trinajstić information content (AvgIpc) is 2.82.